The molecule has 2 aromatic heterocycles. The van der Waals surface area contributed by atoms with Crippen LogP contribution in [0.1, 0.15) is 30.5 Å². The molecule has 0 amide bonds. The Kier molecular flexibility index (Phi) is 5.24. The summed E-state index contributed by atoms with van der Waals surface area (Å²) in [5.74, 6) is 0.839. The second-order valence-corrected chi connectivity index (χ2v) is 4.90. The van der Waals surface area contributed by atoms with Gasteiger partial charge in [-0.2, -0.15) is 5.26 Å². The fourth-order valence-electron chi connectivity index (χ4n) is 2.19. The number of nitrogens with zero attached hydrogens (tertiary/aromatic N) is 4. The van der Waals surface area contributed by atoms with Crippen LogP contribution in [-0.2, 0) is 6.54 Å². The van der Waals surface area contributed by atoms with Crippen LogP contribution in [0.4, 0.5) is 5.82 Å². The Labute approximate surface area is 125 Å². The normalized spacial score (nSPS) is 11.7. The van der Waals surface area contributed by atoms with Crippen molar-refractivity contribution in [1.29, 1.82) is 5.26 Å². The lowest BCUT2D eigenvalue weighted by atomic mass is 10.1. The predicted octanol–water partition coefficient (Wildman–Crippen LogP) is 2.42. The standard InChI is InChI=1S/C16H19N5/c1-13(18)15-6-3-9-20-16(15)21(10-4-7-17)12-14-5-2-8-19-11-14/h2-3,5-6,8-9,11,13H,4,10,12,18H2,1H3/t13-/m0/s1. The highest BCUT2D eigenvalue weighted by molar-refractivity contribution is 5.48. The first kappa shape index (κ1) is 14.9. The zero-order chi connectivity index (χ0) is 15.1. The molecule has 0 aliphatic heterocycles. The number of pyridine rings is 2. The van der Waals surface area contributed by atoms with Gasteiger partial charge in [0.05, 0.1) is 12.5 Å². The fraction of sp³-hybridized carbons (Fsp3) is 0.312. The van der Waals surface area contributed by atoms with Crippen LogP contribution < -0.4 is 10.6 Å². The molecule has 2 aromatic rings. The van der Waals surface area contributed by atoms with Crippen LogP contribution in [0, 0.1) is 11.3 Å². The van der Waals surface area contributed by atoms with Crippen molar-refractivity contribution in [3.8, 4) is 6.07 Å². The Balaban J connectivity index is 2.30. The van der Waals surface area contributed by atoms with E-state index in [0.29, 0.717) is 19.5 Å². The fourth-order valence-corrected chi connectivity index (χ4v) is 2.19. The Morgan fingerprint density at radius 2 is 2.14 bits per heavy atom. The first-order valence-electron chi connectivity index (χ1n) is 6.93. The lowest BCUT2D eigenvalue weighted by molar-refractivity contribution is 0.745. The van der Waals surface area contributed by atoms with Gasteiger partial charge >= 0.3 is 0 Å². The molecule has 2 N–H and O–H groups in total. The topological polar surface area (TPSA) is 78.8 Å². The summed E-state index contributed by atoms with van der Waals surface area (Å²) in [5, 5.41) is 8.87. The largest absolute Gasteiger partial charge is 0.351 e. The maximum atomic E-state index is 8.87. The van der Waals surface area contributed by atoms with E-state index in [1.165, 1.54) is 0 Å². The van der Waals surface area contributed by atoms with Gasteiger partial charge in [0.1, 0.15) is 5.82 Å². The van der Waals surface area contributed by atoms with Gasteiger partial charge in [-0.3, -0.25) is 4.98 Å². The molecular weight excluding hydrogens is 262 g/mol. The summed E-state index contributed by atoms with van der Waals surface area (Å²) in [6.07, 6.45) is 5.77. The van der Waals surface area contributed by atoms with Gasteiger partial charge in [0.2, 0.25) is 0 Å². The number of anilines is 1. The third-order valence-electron chi connectivity index (χ3n) is 3.20. The molecule has 0 unspecified atom stereocenters. The van der Waals surface area contributed by atoms with Crippen molar-refractivity contribution in [2.45, 2.75) is 25.9 Å². The van der Waals surface area contributed by atoms with Gasteiger partial charge in [-0.05, 0) is 24.6 Å². The Hall–Kier alpha value is -2.45. The molecule has 21 heavy (non-hydrogen) atoms. The summed E-state index contributed by atoms with van der Waals surface area (Å²) in [6, 6.07) is 9.87. The van der Waals surface area contributed by atoms with E-state index < -0.39 is 0 Å². The smallest absolute Gasteiger partial charge is 0.133 e. The van der Waals surface area contributed by atoms with Gasteiger partial charge in [-0.15, -0.1) is 0 Å². The summed E-state index contributed by atoms with van der Waals surface area (Å²) in [7, 11) is 0. The van der Waals surface area contributed by atoms with Crippen LogP contribution >= 0.6 is 0 Å². The third kappa shape index (κ3) is 4.01. The van der Waals surface area contributed by atoms with E-state index >= 15 is 0 Å². The maximum Gasteiger partial charge on any atom is 0.133 e. The van der Waals surface area contributed by atoms with Crippen LogP contribution in [0.3, 0.4) is 0 Å². The Bertz CT molecular complexity index is 604. The first-order valence-corrected chi connectivity index (χ1v) is 6.93. The summed E-state index contributed by atoms with van der Waals surface area (Å²) in [6.45, 7) is 3.21. The number of hydrogen-bond donors (Lipinski definition) is 1. The van der Waals surface area contributed by atoms with Crippen LogP contribution in [-0.4, -0.2) is 16.5 Å². The Morgan fingerprint density at radius 3 is 2.81 bits per heavy atom. The molecule has 5 heteroatoms. The van der Waals surface area contributed by atoms with Crippen molar-refractivity contribution in [1.82, 2.24) is 9.97 Å². The van der Waals surface area contributed by atoms with Gasteiger partial charge < -0.3 is 10.6 Å². The van der Waals surface area contributed by atoms with Gasteiger partial charge in [0.25, 0.3) is 0 Å². The second-order valence-electron chi connectivity index (χ2n) is 4.90. The van der Waals surface area contributed by atoms with Gasteiger partial charge in [0, 0.05) is 43.3 Å². The summed E-state index contributed by atoms with van der Waals surface area (Å²) >= 11 is 0. The summed E-state index contributed by atoms with van der Waals surface area (Å²) in [4.78, 5) is 10.7. The monoisotopic (exact) mass is 281 g/mol. The van der Waals surface area contributed by atoms with Gasteiger partial charge in [0.15, 0.2) is 0 Å². The molecule has 0 aliphatic rings. The van der Waals surface area contributed by atoms with Crippen molar-refractivity contribution < 1.29 is 0 Å². The second kappa shape index (κ2) is 7.36. The van der Waals surface area contributed by atoms with E-state index in [9.17, 15) is 0 Å². The molecule has 5 nitrogen and oxygen atoms in total. The summed E-state index contributed by atoms with van der Waals surface area (Å²) in [5.41, 5.74) is 8.10. The molecule has 0 fully saturated rings. The minimum Gasteiger partial charge on any atom is -0.351 e. The van der Waals surface area contributed by atoms with Gasteiger partial charge in [-0.1, -0.05) is 12.1 Å². The predicted molar refractivity (Wildman–Crippen MR) is 82.4 cm³/mol. The van der Waals surface area contributed by atoms with Crippen molar-refractivity contribution in [3.63, 3.8) is 0 Å². The zero-order valence-corrected chi connectivity index (χ0v) is 12.1. The molecule has 0 spiro atoms. The SMILES string of the molecule is C[C@H](N)c1cccnc1N(CCC#N)Cc1cccnc1. The van der Waals surface area contributed by atoms with Crippen molar-refractivity contribution >= 4 is 5.82 Å². The van der Waals surface area contributed by atoms with Crippen LogP contribution in [0.2, 0.25) is 0 Å². The number of nitriles is 1. The minimum absolute atomic E-state index is 0.104. The molecule has 2 rings (SSSR count). The minimum atomic E-state index is -0.104. The number of aromatic nitrogens is 2. The molecule has 0 aliphatic carbocycles. The average molecular weight is 281 g/mol. The molecule has 0 radical (unpaired) electrons. The van der Waals surface area contributed by atoms with Crippen LogP contribution in [0.25, 0.3) is 0 Å². The van der Waals surface area contributed by atoms with E-state index in [0.717, 1.165) is 16.9 Å². The van der Waals surface area contributed by atoms with Gasteiger partial charge in [-0.25, -0.2) is 4.98 Å². The molecule has 2 heterocycles. The number of rotatable bonds is 6. The van der Waals surface area contributed by atoms with E-state index in [4.69, 9.17) is 11.0 Å². The first-order chi connectivity index (χ1) is 10.2. The van der Waals surface area contributed by atoms with E-state index in [-0.39, 0.29) is 6.04 Å². The molecule has 108 valence electrons. The lowest BCUT2D eigenvalue weighted by Gasteiger charge is -2.26. The Morgan fingerprint density at radius 1 is 1.33 bits per heavy atom. The third-order valence-corrected chi connectivity index (χ3v) is 3.20. The van der Waals surface area contributed by atoms with E-state index in [2.05, 4.69) is 20.9 Å². The maximum absolute atomic E-state index is 8.87. The quantitative estimate of drug-likeness (QED) is 0.879. The molecule has 0 saturated heterocycles. The number of hydrogen-bond acceptors (Lipinski definition) is 5. The highest BCUT2D eigenvalue weighted by Crippen LogP contribution is 2.24. The van der Waals surface area contributed by atoms with Crippen LogP contribution in [0.15, 0.2) is 42.9 Å². The van der Waals surface area contributed by atoms with Crippen molar-refractivity contribution in [2.24, 2.45) is 5.73 Å². The van der Waals surface area contributed by atoms with E-state index in [1.807, 2.05) is 37.4 Å². The zero-order valence-electron chi connectivity index (χ0n) is 12.1. The van der Waals surface area contributed by atoms with E-state index in [1.54, 1.807) is 12.4 Å². The van der Waals surface area contributed by atoms with Crippen molar-refractivity contribution in [3.05, 3.63) is 54.0 Å². The molecule has 0 bridgehead atoms. The van der Waals surface area contributed by atoms with Crippen LogP contribution in [0.5, 0.6) is 0 Å². The molecule has 1 atom stereocenters. The highest BCUT2D eigenvalue weighted by Gasteiger charge is 2.15. The summed E-state index contributed by atoms with van der Waals surface area (Å²) < 4.78 is 0. The average Bonchev–Trinajstić information content (AvgIpc) is 2.52. The number of nitrogens with two attached hydrogens (primary N) is 1. The molecular formula is C16H19N5. The highest BCUT2D eigenvalue weighted by atomic mass is 15.2. The lowest BCUT2D eigenvalue weighted by Crippen LogP contribution is -2.27. The molecule has 0 saturated carbocycles. The van der Waals surface area contributed by atoms with Crippen molar-refractivity contribution in [2.75, 3.05) is 11.4 Å². The molecule has 0 aromatic carbocycles.